The van der Waals surface area contributed by atoms with Gasteiger partial charge < -0.3 is 20.9 Å². The number of carboxylic acid groups (broad SMARTS) is 1. The molecule has 1 saturated heterocycles. The van der Waals surface area contributed by atoms with Gasteiger partial charge in [-0.05, 0) is 12.1 Å². The average molecular weight is 252 g/mol. The van der Waals surface area contributed by atoms with Gasteiger partial charge in [0.25, 0.3) is 5.91 Å². The van der Waals surface area contributed by atoms with E-state index in [1.807, 2.05) is 0 Å². The average Bonchev–Trinajstić information content (AvgIpc) is 2.79. The maximum absolute atomic E-state index is 11.2. The minimum Gasteiger partial charge on any atom is -0.479 e. The molecule has 1 fully saturated rings. The van der Waals surface area contributed by atoms with Gasteiger partial charge in [0.2, 0.25) is 0 Å². The summed E-state index contributed by atoms with van der Waals surface area (Å²) < 4.78 is 5.09. The molecule has 8 heteroatoms. The van der Waals surface area contributed by atoms with Gasteiger partial charge in [0.05, 0.1) is 6.61 Å². The lowest BCUT2D eigenvalue weighted by atomic mass is 9.99. The van der Waals surface area contributed by atoms with Gasteiger partial charge in [-0.3, -0.25) is 4.79 Å². The monoisotopic (exact) mass is 252 g/mol. The first-order valence-electron chi connectivity index (χ1n) is 5.26. The largest absolute Gasteiger partial charge is 0.479 e. The van der Waals surface area contributed by atoms with Gasteiger partial charge in [0.15, 0.2) is 11.2 Å². The number of anilines is 1. The summed E-state index contributed by atoms with van der Waals surface area (Å²) in [6, 6.07) is 2.83. The van der Waals surface area contributed by atoms with Crippen molar-refractivity contribution in [3.8, 4) is 0 Å². The summed E-state index contributed by atoms with van der Waals surface area (Å²) >= 11 is 0. The number of nitrogens with zero attached hydrogens (tertiary/aromatic N) is 2. The molecule has 0 aliphatic carbocycles. The van der Waals surface area contributed by atoms with Gasteiger partial charge >= 0.3 is 5.97 Å². The maximum atomic E-state index is 11.2. The molecule has 0 spiro atoms. The van der Waals surface area contributed by atoms with E-state index in [0.717, 1.165) is 0 Å². The zero-order chi connectivity index (χ0) is 13.2. The van der Waals surface area contributed by atoms with Crippen molar-refractivity contribution >= 4 is 17.7 Å². The molecule has 1 unspecified atom stereocenters. The highest BCUT2D eigenvalue weighted by Gasteiger charge is 2.43. The van der Waals surface area contributed by atoms with Crippen LogP contribution < -0.4 is 11.1 Å². The van der Waals surface area contributed by atoms with Gasteiger partial charge in [0, 0.05) is 13.0 Å². The molecule has 1 atom stereocenters. The third kappa shape index (κ3) is 2.23. The fraction of sp³-hybridized carbons (Fsp3) is 0.400. The molecular formula is C10H12N4O4. The van der Waals surface area contributed by atoms with Crippen molar-refractivity contribution in [1.29, 1.82) is 0 Å². The van der Waals surface area contributed by atoms with Crippen LogP contribution in [0.3, 0.4) is 0 Å². The van der Waals surface area contributed by atoms with Crippen molar-refractivity contribution in [2.24, 2.45) is 5.73 Å². The number of hydrogen-bond acceptors (Lipinski definition) is 6. The number of primary amides is 1. The van der Waals surface area contributed by atoms with Crippen LogP contribution in [-0.2, 0) is 9.53 Å². The number of aromatic nitrogens is 2. The first-order valence-corrected chi connectivity index (χ1v) is 5.26. The minimum atomic E-state index is -1.19. The van der Waals surface area contributed by atoms with Crippen molar-refractivity contribution in [3.05, 3.63) is 17.8 Å². The van der Waals surface area contributed by atoms with E-state index in [-0.39, 0.29) is 18.1 Å². The topological polar surface area (TPSA) is 127 Å². The van der Waals surface area contributed by atoms with Gasteiger partial charge in [-0.1, -0.05) is 0 Å². The predicted octanol–water partition coefficient (Wildman–Crippen LogP) is -0.769. The molecule has 4 N–H and O–H groups in total. The van der Waals surface area contributed by atoms with Crippen molar-refractivity contribution in [2.45, 2.75) is 12.0 Å². The van der Waals surface area contributed by atoms with Crippen LogP contribution >= 0.6 is 0 Å². The summed E-state index contributed by atoms with van der Waals surface area (Å²) in [6.07, 6.45) is 0.335. The number of carboxylic acids is 1. The molecule has 18 heavy (non-hydrogen) atoms. The van der Waals surface area contributed by atoms with Crippen LogP contribution in [0.4, 0.5) is 5.82 Å². The van der Waals surface area contributed by atoms with E-state index in [1.54, 1.807) is 0 Å². The summed E-state index contributed by atoms with van der Waals surface area (Å²) in [6.45, 7) is 0.424. The molecule has 2 rings (SSSR count). The van der Waals surface area contributed by atoms with Crippen LogP contribution in [0.25, 0.3) is 0 Å². The fourth-order valence-corrected chi connectivity index (χ4v) is 1.66. The number of nitrogens with one attached hydrogen (secondary N) is 1. The smallest absolute Gasteiger partial charge is 0.331 e. The Morgan fingerprint density at radius 1 is 1.44 bits per heavy atom. The molecule has 0 saturated carbocycles. The van der Waals surface area contributed by atoms with E-state index in [9.17, 15) is 14.7 Å². The van der Waals surface area contributed by atoms with Gasteiger partial charge in [-0.15, -0.1) is 10.2 Å². The highest BCUT2D eigenvalue weighted by atomic mass is 16.5. The lowest BCUT2D eigenvalue weighted by Crippen LogP contribution is -2.47. The van der Waals surface area contributed by atoms with E-state index < -0.39 is 17.4 Å². The standard InChI is InChI=1S/C10H12N4O4/c11-8(15)6-1-2-7(14-13-6)12-10(9(16)17)3-4-18-5-10/h1-2H,3-5H2,(H2,11,15)(H,12,14)(H,16,17). The predicted molar refractivity (Wildman–Crippen MR) is 60.0 cm³/mol. The zero-order valence-corrected chi connectivity index (χ0v) is 9.42. The number of hydrogen-bond donors (Lipinski definition) is 3. The van der Waals surface area contributed by atoms with E-state index >= 15 is 0 Å². The molecule has 1 aliphatic rings. The Kier molecular flexibility index (Phi) is 3.11. The number of carbonyl (C=O) groups excluding carboxylic acids is 1. The first-order chi connectivity index (χ1) is 8.53. The molecule has 8 nitrogen and oxygen atoms in total. The Morgan fingerprint density at radius 3 is 2.67 bits per heavy atom. The first kappa shape index (κ1) is 12.2. The Morgan fingerprint density at radius 2 is 2.22 bits per heavy atom. The lowest BCUT2D eigenvalue weighted by Gasteiger charge is -2.23. The Hall–Kier alpha value is -2.22. The summed E-state index contributed by atoms with van der Waals surface area (Å²) in [4.78, 5) is 22.1. The molecule has 0 radical (unpaired) electrons. The molecule has 1 aromatic heterocycles. The second kappa shape index (κ2) is 4.57. The van der Waals surface area contributed by atoms with Gasteiger partial charge in [0.1, 0.15) is 5.82 Å². The number of ether oxygens (including phenoxy) is 1. The molecule has 0 aromatic carbocycles. The van der Waals surface area contributed by atoms with Crippen molar-refractivity contribution in [3.63, 3.8) is 0 Å². The summed E-state index contributed by atoms with van der Waals surface area (Å²) in [5, 5.41) is 19.3. The molecular weight excluding hydrogens is 240 g/mol. The number of rotatable bonds is 4. The number of carbonyl (C=O) groups is 2. The summed E-state index contributed by atoms with van der Waals surface area (Å²) in [5.74, 6) is -1.44. The van der Waals surface area contributed by atoms with E-state index in [4.69, 9.17) is 10.5 Å². The quantitative estimate of drug-likeness (QED) is 0.642. The minimum absolute atomic E-state index is 0.0209. The van der Waals surface area contributed by atoms with E-state index in [2.05, 4.69) is 15.5 Å². The number of amides is 1. The molecule has 1 amide bonds. The second-order valence-electron chi connectivity index (χ2n) is 3.98. The van der Waals surface area contributed by atoms with Crippen LogP contribution in [0.2, 0.25) is 0 Å². The highest BCUT2D eigenvalue weighted by molar-refractivity contribution is 5.90. The number of aliphatic carboxylic acids is 1. The maximum Gasteiger partial charge on any atom is 0.331 e. The van der Waals surface area contributed by atoms with Crippen LogP contribution in [0, 0.1) is 0 Å². The molecule has 2 heterocycles. The van der Waals surface area contributed by atoms with E-state index in [1.165, 1.54) is 12.1 Å². The second-order valence-corrected chi connectivity index (χ2v) is 3.98. The van der Waals surface area contributed by atoms with Crippen molar-refractivity contribution in [2.75, 3.05) is 18.5 Å². The van der Waals surface area contributed by atoms with Crippen LogP contribution in [-0.4, -0.2) is 45.9 Å². The Labute approximate surface area is 102 Å². The van der Waals surface area contributed by atoms with Crippen molar-refractivity contribution in [1.82, 2.24) is 10.2 Å². The van der Waals surface area contributed by atoms with Crippen LogP contribution in [0.15, 0.2) is 12.1 Å². The number of nitrogens with two attached hydrogens (primary N) is 1. The third-order valence-electron chi connectivity index (χ3n) is 2.72. The van der Waals surface area contributed by atoms with Gasteiger partial charge in [-0.25, -0.2) is 4.79 Å². The Bertz CT molecular complexity index is 467. The van der Waals surface area contributed by atoms with Crippen molar-refractivity contribution < 1.29 is 19.4 Å². The van der Waals surface area contributed by atoms with Gasteiger partial charge in [-0.2, -0.15) is 0 Å². The Balaban J connectivity index is 2.17. The summed E-state index contributed by atoms with van der Waals surface area (Å²) in [7, 11) is 0. The molecule has 1 aromatic rings. The highest BCUT2D eigenvalue weighted by Crippen LogP contribution is 2.23. The molecule has 0 bridgehead atoms. The normalized spacial score (nSPS) is 22.7. The fourth-order valence-electron chi connectivity index (χ4n) is 1.66. The van der Waals surface area contributed by atoms with E-state index in [0.29, 0.717) is 13.0 Å². The third-order valence-corrected chi connectivity index (χ3v) is 2.72. The SMILES string of the molecule is NC(=O)c1ccc(NC2(C(=O)O)CCOC2)nn1. The van der Waals surface area contributed by atoms with Crippen LogP contribution in [0.1, 0.15) is 16.9 Å². The zero-order valence-electron chi connectivity index (χ0n) is 9.42. The summed E-state index contributed by atoms with van der Waals surface area (Å²) in [5.41, 5.74) is 3.86. The van der Waals surface area contributed by atoms with Crippen LogP contribution in [0.5, 0.6) is 0 Å². The lowest BCUT2D eigenvalue weighted by molar-refractivity contribution is -0.142. The molecule has 96 valence electrons. The molecule has 1 aliphatic heterocycles.